The molecule has 0 aliphatic heterocycles. The Balaban J connectivity index is 1.95. The second-order valence-corrected chi connectivity index (χ2v) is 8.54. The normalized spacial score (nSPS) is 12.6. The van der Waals surface area contributed by atoms with E-state index >= 15 is 0 Å². The molecule has 8 heteroatoms. The summed E-state index contributed by atoms with van der Waals surface area (Å²) in [5.41, 5.74) is 2.67. The minimum atomic E-state index is -3.75. The topological polar surface area (TPSA) is 75.3 Å². The Bertz CT molecular complexity index is 968. The number of hydrogen-bond donors (Lipinski definition) is 2. The number of carbonyl (C=O) groups is 1. The standard InChI is InChI=1S/C20H24F2N2O3S/c1-12-9-13(2)20(14(3)10-12)28(26,27)23-8-7-19(25)24-15(4)16-5-6-17(21)18(22)11-16/h5-6,9-11,15,23H,7-8H2,1-4H3,(H,24,25). The van der Waals surface area contributed by atoms with Crippen LogP contribution in [0, 0.1) is 32.4 Å². The molecule has 5 nitrogen and oxygen atoms in total. The zero-order valence-electron chi connectivity index (χ0n) is 16.3. The SMILES string of the molecule is Cc1cc(C)c(S(=O)(=O)NCCC(=O)NC(C)c2ccc(F)c(F)c2)c(C)c1. The summed E-state index contributed by atoms with van der Waals surface area (Å²) in [4.78, 5) is 12.3. The summed E-state index contributed by atoms with van der Waals surface area (Å²) < 4.78 is 53.9. The molecule has 2 N–H and O–H groups in total. The molecular weight excluding hydrogens is 386 g/mol. The number of halogens is 2. The van der Waals surface area contributed by atoms with Crippen molar-refractivity contribution in [1.82, 2.24) is 10.0 Å². The molecule has 0 spiro atoms. The maximum Gasteiger partial charge on any atom is 0.241 e. The van der Waals surface area contributed by atoms with Gasteiger partial charge in [0.1, 0.15) is 0 Å². The van der Waals surface area contributed by atoms with E-state index in [9.17, 15) is 22.0 Å². The lowest BCUT2D eigenvalue weighted by Gasteiger charge is -2.16. The highest BCUT2D eigenvalue weighted by Gasteiger charge is 2.20. The van der Waals surface area contributed by atoms with Crippen molar-refractivity contribution in [1.29, 1.82) is 0 Å². The van der Waals surface area contributed by atoms with Crippen LogP contribution in [-0.2, 0) is 14.8 Å². The van der Waals surface area contributed by atoms with Gasteiger partial charge in [-0.15, -0.1) is 0 Å². The van der Waals surface area contributed by atoms with Gasteiger partial charge in [-0.1, -0.05) is 23.8 Å². The van der Waals surface area contributed by atoms with E-state index in [2.05, 4.69) is 10.0 Å². The fraction of sp³-hybridized carbons (Fsp3) is 0.350. The minimum Gasteiger partial charge on any atom is -0.350 e. The van der Waals surface area contributed by atoms with Crippen molar-refractivity contribution >= 4 is 15.9 Å². The van der Waals surface area contributed by atoms with Crippen LogP contribution in [0.1, 0.15) is 41.6 Å². The van der Waals surface area contributed by atoms with Gasteiger partial charge in [0.25, 0.3) is 0 Å². The highest BCUT2D eigenvalue weighted by Crippen LogP contribution is 2.21. The van der Waals surface area contributed by atoms with Crippen LogP contribution in [-0.4, -0.2) is 20.9 Å². The lowest BCUT2D eigenvalue weighted by molar-refractivity contribution is -0.121. The summed E-state index contributed by atoms with van der Waals surface area (Å²) in [6, 6.07) is 6.44. The lowest BCUT2D eigenvalue weighted by atomic mass is 10.1. The third kappa shape index (κ3) is 5.36. The zero-order valence-corrected chi connectivity index (χ0v) is 17.1. The Labute approximate surface area is 164 Å². The van der Waals surface area contributed by atoms with Crippen molar-refractivity contribution in [3.05, 3.63) is 64.2 Å². The Morgan fingerprint density at radius 3 is 2.21 bits per heavy atom. The first kappa shape index (κ1) is 22.0. The van der Waals surface area contributed by atoms with Gasteiger partial charge in [-0.05, 0) is 56.5 Å². The van der Waals surface area contributed by atoms with Gasteiger partial charge < -0.3 is 5.32 Å². The van der Waals surface area contributed by atoms with Crippen LogP contribution in [0.2, 0.25) is 0 Å². The molecule has 0 heterocycles. The largest absolute Gasteiger partial charge is 0.350 e. The van der Waals surface area contributed by atoms with Gasteiger partial charge in [-0.2, -0.15) is 0 Å². The number of hydrogen-bond acceptors (Lipinski definition) is 3. The molecule has 0 fully saturated rings. The monoisotopic (exact) mass is 410 g/mol. The van der Waals surface area contributed by atoms with Crippen molar-refractivity contribution in [3.8, 4) is 0 Å². The molecule has 0 aliphatic carbocycles. The molecule has 152 valence electrons. The second-order valence-electron chi connectivity index (χ2n) is 6.84. The van der Waals surface area contributed by atoms with E-state index in [-0.39, 0.29) is 17.9 Å². The van der Waals surface area contributed by atoms with Gasteiger partial charge >= 0.3 is 0 Å². The Hall–Kier alpha value is -2.32. The molecule has 1 atom stereocenters. The number of amides is 1. The predicted molar refractivity (Wildman–Crippen MR) is 103 cm³/mol. The molecule has 0 saturated heterocycles. The number of carbonyl (C=O) groups excluding carboxylic acids is 1. The highest BCUT2D eigenvalue weighted by molar-refractivity contribution is 7.89. The molecule has 0 radical (unpaired) electrons. The number of benzene rings is 2. The van der Waals surface area contributed by atoms with Crippen molar-refractivity contribution in [2.24, 2.45) is 0 Å². The first-order valence-corrected chi connectivity index (χ1v) is 10.3. The van der Waals surface area contributed by atoms with Gasteiger partial charge in [0.15, 0.2) is 11.6 Å². The molecule has 2 rings (SSSR count). The summed E-state index contributed by atoms with van der Waals surface area (Å²) in [7, 11) is -3.75. The van der Waals surface area contributed by atoms with Crippen molar-refractivity contribution < 1.29 is 22.0 Å². The number of nitrogens with one attached hydrogen (secondary N) is 2. The summed E-state index contributed by atoms with van der Waals surface area (Å²) >= 11 is 0. The Morgan fingerprint density at radius 2 is 1.64 bits per heavy atom. The summed E-state index contributed by atoms with van der Waals surface area (Å²) in [5.74, 6) is -2.36. The molecule has 2 aromatic carbocycles. The summed E-state index contributed by atoms with van der Waals surface area (Å²) in [6.45, 7) is 6.90. The maximum absolute atomic E-state index is 13.3. The average molecular weight is 410 g/mol. The second kappa shape index (κ2) is 8.79. The number of rotatable bonds is 7. The Morgan fingerprint density at radius 1 is 1.04 bits per heavy atom. The van der Waals surface area contributed by atoms with Crippen LogP contribution >= 0.6 is 0 Å². The molecule has 1 amide bonds. The third-order valence-electron chi connectivity index (χ3n) is 4.34. The van der Waals surface area contributed by atoms with Gasteiger partial charge in [0, 0.05) is 13.0 Å². The van der Waals surface area contributed by atoms with Gasteiger partial charge in [0.05, 0.1) is 10.9 Å². The van der Waals surface area contributed by atoms with E-state index in [1.54, 1.807) is 32.9 Å². The summed E-state index contributed by atoms with van der Waals surface area (Å²) in [5, 5.41) is 2.64. The summed E-state index contributed by atoms with van der Waals surface area (Å²) in [6.07, 6.45) is -0.0861. The van der Waals surface area contributed by atoms with Gasteiger partial charge in [-0.3, -0.25) is 4.79 Å². The minimum absolute atomic E-state index is 0.0780. The quantitative estimate of drug-likeness (QED) is 0.734. The zero-order chi connectivity index (χ0) is 21.1. The van der Waals surface area contributed by atoms with Crippen LogP contribution in [0.4, 0.5) is 8.78 Å². The van der Waals surface area contributed by atoms with Crippen LogP contribution < -0.4 is 10.0 Å². The van der Waals surface area contributed by atoms with Crippen LogP contribution in [0.3, 0.4) is 0 Å². The van der Waals surface area contributed by atoms with Crippen LogP contribution in [0.5, 0.6) is 0 Å². The van der Waals surface area contributed by atoms with Crippen molar-refractivity contribution in [2.45, 2.75) is 45.1 Å². The molecule has 1 unspecified atom stereocenters. The highest BCUT2D eigenvalue weighted by atomic mass is 32.2. The Kier molecular flexibility index (Phi) is 6.90. The fourth-order valence-corrected chi connectivity index (χ4v) is 4.62. The first-order chi connectivity index (χ1) is 13.0. The molecule has 0 bridgehead atoms. The molecule has 0 saturated carbocycles. The number of aryl methyl sites for hydroxylation is 3. The lowest BCUT2D eigenvalue weighted by Crippen LogP contribution is -2.32. The third-order valence-corrected chi connectivity index (χ3v) is 6.10. The average Bonchev–Trinajstić information content (AvgIpc) is 2.55. The molecule has 0 aliphatic rings. The van der Waals surface area contributed by atoms with Crippen molar-refractivity contribution in [3.63, 3.8) is 0 Å². The molecule has 0 aromatic heterocycles. The van der Waals surface area contributed by atoms with Gasteiger partial charge in [0.2, 0.25) is 15.9 Å². The van der Waals surface area contributed by atoms with E-state index < -0.39 is 33.6 Å². The van der Waals surface area contributed by atoms with Crippen LogP contribution in [0.15, 0.2) is 35.2 Å². The smallest absolute Gasteiger partial charge is 0.241 e. The molecular formula is C20H24F2N2O3S. The maximum atomic E-state index is 13.3. The molecule has 28 heavy (non-hydrogen) atoms. The van der Waals surface area contributed by atoms with Crippen molar-refractivity contribution in [2.75, 3.05) is 6.54 Å². The number of sulfonamides is 1. The van der Waals surface area contributed by atoms with E-state index in [1.165, 1.54) is 6.07 Å². The predicted octanol–water partition coefficient (Wildman–Crippen LogP) is 3.44. The van der Waals surface area contributed by atoms with E-state index in [0.717, 1.165) is 17.7 Å². The fourth-order valence-electron chi connectivity index (χ4n) is 3.14. The first-order valence-electron chi connectivity index (χ1n) is 8.83. The van der Waals surface area contributed by atoms with Gasteiger partial charge in [-0.25, -0.2) is 21.9 Å². The van der Waals surface area contributed by atoms with Crippen LogP contribution in [0.25, 0.3) is 0 Å². The van der Waals surface area contributed by atoms with E-state index in [1.807, 2.05) is 6.92 Å². The molecule has 2 aromatic rings. The van der Waals surface area contributed by atoms with E-state index in [4.69, 9.17) is 0 Å². The van der Waals surface area contributed by atoms with E-state index in [0.29, 0.717) is 16.7 Å².